The molecule has 4 rings (SSSR count). The van der Waals surface area contributed by atoms with Crippen molar-refractivity contribution < 1.29 is 5.11 Å². The highest BCUT2D eigenvalue weighted by molar-refractivity contribution is 7.21. The minimum atomic E-state index is -0.154. The van der Waals surface area contributed by atoms with Crippen molar-refractivity contribution in [2.24, 2.45) is 0 Å². The Morgan fingerprint density at radius 3 is 2.64 bits per heavy atom. The lowest BCUT2D eigenvalue weighted by molar-refractivity contribution is 0.145. The number of fused-ring (bicyclic) bond motifs is 1. The fourth-order valence-electron chi connectivity index (χ4n) is 2.79. The second-order valence-corrected chi connectivity index (χ2v) is 6.64. The van der Waals surface area contributed by atoms with Crippen LogP contribution in [0.1, 0.15) is 12.8 Å². The first kappa shape index (κ1) is 13.7. The predicted molar refractivity (Wildman–Crippen MR) is 90.3 cm³/mol. The largest absolute Gasteiger partial charge is 0.393 e. The Morgan fingerprint density at radius 2 is 1.91 bits per heavy atom. The number of aromatic nitrogens is 2. The molecule has 1 N–H and O–H groups in total. The van der Waals surface area contributed by atoms with E-state index in [4.69, 9.17) is 0 Å². The molecule has 0 bridgehead atoms. The van der Waals surface area contributed by atoms with E-state index in [-0.39, 0.29) is 6.10 Å². The molecule has 22 heavy (non-hydrogen) atoms. The molecule has 1 saturated heterocycles. The fourth-order valence-corrected chi connectivity index (χ4v) is 3.75. The highest BCUT2D eigenvalue weighted by Crippen LogP contribution is 2.30. The maximum absolute atomic E-state index is 9.58. The molecule has 0 saturated carbocycles. The summed E-state index contributed by atoms with van der Waals surface area (Å²) in [6.45, 7) is 1.74. The standard InChI is InChI=1S/C17H17N3OS/c21-13-7-9-20(10-8-13)16-6-5-12(11-18-16)17-19-14-3-1-2-4-15(14)22-17/h1-6,11,13,21H,7-10H2. The number of hydrogen-bond acceptors (Lipinski definition) is 5. The zero-order valence-electron chi connectivity index (χ0n) is 12.1. The number of rotatable bonds is 2. The topological polar surface area (TPSA) is 49.2 Å². The fraction of sp³-hybridized carbons (Fsp3) is 0.294. The number of aliphatic hydroxyl groups excluding tert-OH is 1. The van der Waals surface area contributed by atoms with Gasteiger partial charge in [-0.3, -0.25) is 0 Å². The summed E-state index contributed by atoms with van der Waals surface area (Å²) in [6, 6.07) is 12.3. The summed E-state index contributed by atoms with van der Waals surface area (Å²) in [7, 11) is 0. The molecular weight excluding hydrogens is 294 g/mol. The molecule has 3 aromatic rings. The quantitative estimate of drug-likeness (QED) is 0.789. The number of nitrogens with zero attached hydrogens (tertiary/aromatic N) is 3. The normalized spacial score (nSPS) is 16.3. The number of aliphatic hydroxyl groups is 1. The van der Waals surface area contributed by atoms with E-state index in [2.05, 4.69) is 33.1 Å². The molecule has 0 radical (unpaired) electrons. The van der Waals surface area contributed by atoms with Crippen LogP contribution in [0.25, 0.3) is 20.8 Å². The van der Waals surface area contributed by atoms with E-state index >= 15 is 0 Å². The predicted octanol–water partition coefficient (Wildman–Crippen LogP) is 3.32. The average molecular weight is 311 g/mol. The molecule has 4 nitrogen and oxygen atoms in total. The van der Waals surface area contributed by atoms with Crippen LogP contribution in [0, 0.1) is 0 Å². The van der Waals surface area contributed by atoms with Crippen molar-refractivity contribution in [3.05, 3.63) is 42.6 Å². The van der Waals surface area contributed by atoms with Gasteiger partial charge in [0, 0.05) is 24.8 Å². The zero-order valence-corrected chi connectivity index (χ0v) is 13.0. The van der Waals surface area contributed by atoms with Gasteiger partial charge >= 0.3 is 0 Å². The molecule has 0 unspecified atom stereocenters. The van der Waals surface area contributed by atoms with E-state index in [9.17, 15) is 5.11 Å². The van der Waals surface area contributed by atoms with Crippen LogP contribution in [0.4, 0.5) is 5.82 Å². The van der Waals surface area contributed by atoms with Crippen LogP contribution < -0.4 is 4.90 Å². The van der Waals surface area contributed by atoms with Crippen LogP contribution in [0.15, 0.2) is 42.6 Å². The first-order valence-electron chi connectivity index (χ1n) is 7.54. The molecule has 0 amide bonds. The number of para-hydroxylation sites is 1. The van der Waals surface area contributed by atoms with Gasteiger partial charge in [0.05, 0.1) is 16.3 Å². The molecule has 1 fully saturated rings. The van der Waals surface area contributed by atoms with Gasteiger partial charge in [-0.05, 0) is 37.1 Å². The summed E-state index contributed by atoms with van der Waals surface area (Å²) in [5.74, 6) is 0.983. The average Bonchev–Trinajstić information content (AvgIpc) is 3.00. The van der Waals surface area contributed by atoms with Gasteiger partial charge in [-0.25, -0.2) is 9.97 Å². The smallest absolute Gasteiger partial charge is 0.128 e. The van der Waals surface area contributed by atoms with Crippen LogP contribution in [-0.4, -0.2) is 34.3 Å². The van der Waals surface area contributed by atoms with Crippen molar-refractivity contribution in [2.45, 2.75) is 18.9 Å². The number of piperidine rings is 1. The molecule has 2 aromatic heterocycles. The second-order valence-electron chi connectivity index (χ2n) is 5.61. The third-order valence-electron chi connectivity index (χ3n) is 4.08. The summed E-state index contributed by atoms with van der Waals surface area (Å²) in [4.78, 5) is 11.5. The van der Waals surface area contributed by atoms with Crippen molar-refractivity contribution in [3.8, 4) is 10.6 Å². The molecule has 112 valence electrons. The van der Waals surface area contributed by atoms with Crippen LogP contribution in [0.2, 0.25) is 0 Å². The van der Waals surface area contributed by atoms with Crippen LogP contribution in [-0.2, 0) is 0 Å². The first-order chi connectivity index (χ1) is 10.8. The highest BCUT2D eigenvalue weighted by atomic mass is 32.1. The first-order valence-corrected chi connectivity index (χ1v) is 8.36. The molecule has 0 aliphatic carbocycles. The van der Waals surface area contributed by atoms with E-state index in [1.54, 1.807) is 11.3 Å². The van der Waals surface area contributed by atoms with Gasteiger partial charge in [0.1, 0.15) is 10.8 Å². The molecular formula is C17H17N3OS. The monoisotopic (exact) mass is 311 g/mol. The van der Waals surface area contributed by atoms with E-state index in [0.29, 0.717) is 0 Å². The highest BCUT2D eigenvalue weighted by Gasteiger charge is 2.18. The lowest BCUT2D eigenvalue weighted by atomic mass is 10.1. The molecule has 3 heterocycles. The van der Waals surface area contributed by atoms with E-state index in [0.717, 1.165) is 47.8 Å². The van der Waals surface area contributed by atoms with Crippen LogP contribution in [0.3, 0.4) is 0 Å². The Labute approximate surface area is 133 Å². The van der Waals surface area contributed by atoms with Gasteiger partial charge < -0.3 is 10.0 Å². The van der Waals surface area contributed by atoms with Crippen molar-refractivity contribution in [1.29, 1.82) is 0 Å². The number of pyridine rings is 1. The summed E-state index contributed by atoms with van der Waals surface area (Å²) in [5, 5.41) is 10.6. The molecule has 1 aliphatic heterocycles. The van der Waals surface area contributed by atoms with E-state index < -0.39 is 0 Å². The van der Waals surface area contributed by atoms with Gasteiger partial charge in [0.25, 0.3) is 0 Å². The number of hydrogen-bond donors (Lipinski definition) is 1. The maximum Gasteiger partial charge on any atom is 0.128 e. The third-order valence-corrected chi connectivity index (χ3v) is 5.16. The van der Waals surface area contributed by atoms with Gasteiger partial charge in [0.15, 0.2) is 0 Å². The van der Waals surface area contributed by atoms with Crippen molar-refractivity contribution >= 4 is 27.4 Å². The maximum atomic E-state index is 9.58. The molecule has 1 aromatic carbocycles. The van der Waals surface area contributed by atoms with Crippen molar-refractivity contribution in [2.75, 3.05) is 18.0 Å². The summed E-state index contributed by atoms with van der Waals surface area (Å²) in [6.07, 6.45) is 3.39. The molecule has 1 aliphatic rings. The summed E-state index contributed by atoms with van der Waals surface area (Å²) >= 11 is 1.69. The summed E-state index contributed by atoms with van der Waals surface area (Å²) in [5.41, 5.74) is 2.10. The third kappa shape index (κ3) is 2.58. The minimum Gasteiger partial charge on any atom is -0.393 e. The Bertz CT molecular complexity index is 743. The van der Waals surface area contributed by atoms with Gasteiger partial charge in [-0.15, -0.1) is 11.3 Å². The molecule has 0 atom stereocenters. The lowest BCUT2D eigenvalue weighted by Gasteiger charge is -2.30. The van der Waals surface area contributed by atoms with Gasteiger partial charge in [-0.2, -0.15) is 0 Å². The van der Waals surface area contributed by atoms with E-state index in [1.165, 1.54) is 4.70 Å². The van der Waals surface area contributed by atoms with E-state index in [1.807, 2.05) is 24.4 Å². The summed E-state index contributed by atoms with van der Waals surface area (Å²) < 4.78 is 1.20. The Kier molecular flexibility index (Phi) is 3.52. The minimum absolute atomic E-state index is 0.154. The van der Waals surface area contributed by atoms with Crippen molar-refractivity contribution in [3.63, 3.8) is 0 Å². The van der Waals surface area contributed by atoms with Gasteiger partial charge in [0.2, 0.25) is 0 Å². The number of anilines is 1. The second kappa shape index (κ2) is 5.66. The van der Waals surface area contributed by atoms with Crippen LogP contribution in [0.5, 0.6) is 0 Å². The number of thiazole rings is 1. The SMILES string of the molecule is OC1CCN(c2ccc(-c3nc4ccccc4s3)cn2)CC1. The molecule has 0 spiro atoms. The Morgan fingerprint density at radius 1 is 1.09 bits per heavy atom. The van der Waals surface area contributed by atoms with Gasteiger partial charge in [-0.1, -0.05) is 12.1 Å². The Hall–Kier alpha value is -1.98. The Balaban J connectivity index is 1.58. The van der Waals surface area contributed by atoms with Crippen molar-refractivity contribution in [1.82, 2.24) is 9.97 Å². The number of benzene rings is 1. The van der Waals surface area contributed by atoms with Crippen LogP contribution >= 0.6 is 11.3 Å². The molecule has 5 heteroatoms. The zero-order chi connectivity index (χ0) is 14.9. The lowest BCUT2D eigenvalue weighted by Crippen LogP contribution is -2.36.